The second-order valence-electron chi connectivity index (χ2n) is 3.23. The number of phenolic OH excluding ortho intramolecular Hbond substituents is 1. The maximum Gasteiger partial charge on any atom is 0.174 e. The number of aromatic hydroxyl groups is 1. The lowest BCUT2D eigenvalue weighted by molar-refractivity contribution is 0.475. The van der Waals surface area contributed by atoms with E-state index in [4.69, 9.17) is 0 Å². The quantitative estimate of drug-likeness (QED) is 0.523. The van der Waals surface area contributed by atoms with Crippen LogP contribution in [0.4, 0.5) is 23.0 Å². The van der Waals surface area contributed by atoms with Gasteiger partial charge in [0.1, 0.15) is 5.75 Å². The molecule has 0 spiro atoms. The number of hydrogen-bond acceptors (Lipinski definition) is 5. The Morgan fingerprint density at radius 2 is 1.56 bits per heavy atom. The Bertz CT molecular complexity index is 532. The van der Waals surface area contributed by atoms with Crippen LogP contribution in [0.1, 0.15) is 0 Å². The maximum absolute atomic E-state index is 9.33. The first kappa shape index (κ1) is 10.5. The third-order valence-electron chi connectivity index (χ3n) is 2.21. The summed E-state index contributed by atoms with van der Waals surface area (Å²) in [5, 5.41) is 15.5. The van der Waals surface area contributed by atoms with Crippen molar-refractivity contribution in [3.8, 4) is 5.75 Å². The lowest BCUT2D eigenvalue weighted by Gasteiger charge is -2.20. The molecule has 3 N–H and O–H groups in total. The number of nitrogens with zero attached hydrogens (tertiary/aromatic N) is 2. The Balaban J connectivity index is 0.000000963. The number of anilines is 4. The fourth-order valence-corrected chi connectivity index (χ4v) is 1.52. The van der Waals surface area contributed by atoms with Crippen molar-refractivity contribution >= 4 is 35.4 Å². The Labute approximate surface area is 98.0 Å². The summed E-state index contributed by atoms with van der Waals surface area (Å²) in [7, 11) is 0. The van der Waals surface area contributed by atoms with Gasteiger partial charge in [-0.2, -0.15) is 0 Å². The highest BCUT2D eigenvalue weighted by molar-refractivity contribution is 5.87. The van der Waals surface area contributed by atoms with Gasteiger partial charge in [0.15, 0.2) is 11.6 Å². The first-order valence-electron chi connectivity index (χ1n) is 4.51. The van der Waals surface area contributed by atoms with Crippen molar-refractivity contribution in [3.05, 3.63) is 30.6 Å². The molecule has 0 radical (unpaired) electrons. The minimum atomic E-state index is 0. The zero-order valence-corrected chi connectivity index (χ0v) is 8.95. The summed E-state index contributed by atoms with van der Waals surface area (Å²) in [6.45, 7) is 0. The average Bonchev–Trinajstić information content (AvgIpc) is 2.26. The van der Waals surface area contributed by atoms with Crippen molar-refractivity contribution in [2.45, 2.75) is 0 Å². The number of nitrogens with one attached hydrogen (secondary N) is 2. The Morgan fingerprint density at radius 3 is 2.25 bits per heavy atom. The predicted octanol–water partition coefficient (Wildman–Crippen LogP) is 2.40. The third kappa shape index (κ3) is 1.61. The van der Waals surface area contributed by atoms with Gasteiger partial charge >= 0.3 is 0 Å². The van der Waals surface area contributed by atoms with Crippen molar-refractivity contribution in [2.24, 2.45) is 0 Å². The number of fused-ring (bicyclic) bond motifs is 2. The van der Waals surface area contributed by atoms with E-state index in [9.17, 15) is 5.11 Å². The Morgan fingerprint density at radius 1 is 0.938 bits per heavy atom. The van der Waals surface area contributed by atoms with Crippen molar-refractivity contribution in [1.29, 1.82) is 0 Å². The van der Waals surface area contributed by atoms with Gasteiger partial charge in [-0.05, 0) is 12.1 Å². The zero-order chi connectivity index (χ0) is 10.3. The molecule has 1 aromatic carbocycles. The van der Waals surface area contributed by atoms with Crippen LogP contribution in [0.5, 0.6) is 5.75 Å². The molecular formula is C10H9ClN4O. The molecule has 82 valence electrons. The van der Waals surface area contributed by atoms with Gasteiger partial charge < -0.3 is 15.7 Å². The summed E-state index contributed by atoms with van der Waals surface area (Å²) in [5.74, 6) is 1.57. The fourth-order valence-electron chi connectivity index (χ4n) is 1.52. The van der Waals surface area contributed by atoms with Gasteiger partial charge in [0.2, 0.25) is 0 Å². The van der Waals surface area contributed by atoms with Gasteiger partial charge in [-0.3, -0.25) is 0 Å². The summed E-state index contributed by atoms with van der Waals surface area (Å²) in [4.78, 5) is 8.27. The Hall–Kier alpha value is -2.01. The van der Waals surface area contributed by atoms with Crippen LogP contribution in [0.25, 0.3) is 0 Å². The normalized spacial score (nSPS) is 11.2. The second kappa shape index (κ2) is 3.86. The van der Waals surface area contributed by atoms with Crippen LogP contribution >= 0.6 is 12.4 Å². The van der Waals surface area contributed by atoms with Crippen molar-refractivity contribution in [1.82, 2.24) is 9.97 Å². The number of hydrogen-bond donors (Lipinski definition) is 3. The molecule has 3 rings (SSSR count). The van der Waals surface area contributed by atoms with Gasteiger partial charge in [0, 0.05) is 18.5 Å². The molecule has 0 saturated carbocycles. The highest BCUT2D eigenvalue weighted by Gasteiger charge is 2.15. The van der Waals surface area contributed by atoms with Crippen LogP contribution < -0.4 is 10.6 Å². The van der Waals surface area contributed by atoms with Crippen LogP contribution in [-0.2, 0) is 0 Å². The molecule has 0 saturated heterocycles. The number of phenols is 1. The topological polar surface area (TPSA) is 70.1 Å². The number of halogens is 1. The molecule has 6 heteroatoms. The predicted molar refractivity (Wildman–Crippen MR) is 64.0 cm³/mol. The largest absolute Gasteiger partial charge is 0.508 e. The number of rotatable bonds is 0. The van der Waals surface area contributed by atoms with Crippen molar-refractivity contribution in [2.75, 3.05) is 10.6 Å². The summed E-state index contributed by atoms with van der Waals surface area (Å²) in [6, 6.07) is 5.05. The smallest absolute Gasteiger partial charge is 0.174 e. The minimum absolute atomic E-state index is 0. The Kier molecular flexibility index (Phi) is 2.54. The average molecular weight is 237 g/mol. The van der Waals surface area contributed by atoms with E-state index in [0.717, 1.165) is 11.4 Å². The van der Waals surface area contributed by atoms with E-state index in [1.807, 2.05) is 0 Å². The zero-order valence-electron chi connectivity index (χ0n) is 8.14. The first-order valence-corrected chi connectivity index (χ1v) is 4.51. The molecule has 0 atom stereocenters. The molecule has 2 aromatic rings. The lowest BCUT2D eigenvalue weighted by Crippen LogP contribution is -2.08. The van der Waals surface area contributed by atoms with Crippen molar-refractivity contribution in [3.63, 3.8) is 0 Å². The molecule has 2 heterocycles. The summed E-state index contributed by atoms with van der Waals surface area (Å²) in [5.41, 5.74) is 1.67. The molecule has 0 unspecified atom stereocenters. The first-order chi connectivity index (χ1) is 7.33. The third-order valence-corrected chi connectivity index (χ3v) is 2.21. The number of aromatic nitrogens is 2. The van der Waals surface area contributed by atoms with E-state index in [-0.39, 0.29) is 18.2 Å². The highest BCUT2D eigenvalue weighted by atomic mass is 35.5. The summed E-state index contributed by atoms with van der Waals surface area (Å²) < 4.78 is 0. The number of benzene rings is 1. The molecule has 16 heavy (non-hydrogen) atoms. The summed E-state index contributed by atoms with van der Waals surface area (Å²) >= 11 is 0. The van der Waals surface area contributed by atoms with E-state index in [0.29, 0.717) is 11.6 Å². The molecule has 5 nitrogen and oxygen atoms in total. The highest BCUT2D eigenvalue weighted by Crippen LogP contribution is 2.37. The molecule has 1 aliphatic heterocycles. The van der Waals surface area contributed by atoms with E-state index in [2.05, 4.69) is 20.6 Å². The van der Waals surface area contributed by atoms with Gasteiger partial charge in [0.25, 0.3) is 0 Å². The van der Waals surface area contributed by atoms with Crippen molar-refractivity contribution < 1.29 is 5.11 Å². The fraction of sp³-hybridized carbons (Fsp3) is 0. The van der Waals surface area contributed by atoms with E-state index >= 15 is 0 Å². The standard InChI is InChI=1S/C10H8N4O.ClH/c15-6-1-2-7-8(5-6)14-10-9(13-7)11-3-4-12-10;/h1-5,15H,(H,11,13)(H,12,14);1H. The molecule has 0 amide bonds. The minimum Gasteiger partial charge on any atom is -0.508 e. The maximum atomic E-state index is 9.33. The van der Waals surface area contributed by atoms with Crippen LogP contribution in [0.3, 0.4) is 0 Å². The molecular weight excluding hydrogens is 228 g/mol. The molecule has 1 aliphatic rings. The van der Waals surface area contributed by atoms with E-state index < -0.39 is 0 Å². The van der Waals surface area contributed by atoms with Crippen LogP contribution in [0, 0.1) is 0 Å². The van der Waals surface area contributed by atoms with E-state index in [1.165, 1.54) is 0 Å². The molecule has 0 fully saturated rings. The van der Waals surface area contributed by atoms with Gasteiger partial charge in [0.05, 0.1) is 11.4 Å². The van der Waals surface area contributed by atoms with Gasteiger partial charge in [-0.1, -0.05) is 0 Å². The molecule has 0 aliphatic carbocycles. The monoisotopic (exact) mass is 236 g/mol. The van der Waals surface area contributed by atoms with Gasteiger partial charge in [-0.25, -0.2) is 9.97 Å². The van der Waals surface area contributed by atoms with Crippen LogP contribution in [0.15, 0.2) is 30.6 Å². The second-order valence-corrected chi connectivity index (χ2v) is 3.23. The van der Waals surface area contributed by atoms with E-state index in [1.54, 1.807) is 30.6 Å². The molecule has 0 bridgehead atoms. The lowest BCUT2D eigenvalue weighted by atomic mass is 10.2. The van der Waals surface area contributed by atoms with Gasteiger partial charge in [-0.15, -0.1) is 12.4 Å². The van der Waals surface area contributed by atoms with Crippen LogP contribution in [-0.4, -0.2) is 15.1 Å². The SMILES string of the molecule is Cl.Oc1ccc2c(c1)Nc1nccnc1N2. The van der Waals surface area contributed by atoms with Crippen LogP contribution in [0.2, 0.25) is 0 Å². The summed E-state index contributed by atoms with van der Waals surface area (Å²) in [6.07, 6.45) is 3.24. The molecule has 1 aromatic heterocycles.